The summed E-state index contributed by atoms with van der Waals surface area (Å²) in [6, 6.07) is 11.2. The second-order valence-corrected chi connectivity index (χ2v) is 4.52. The van der Waals surface area contributed by atoms with Crippen LogP contribution in [-0.2, 0) is 6.42 Å². The summed E-state index contributed by atoms with van der Waals surface area (Å²) in [5.41, 5.74) is 2.47. The lowest BCUT2D eigenvalue weighted by atomic mass is 10.1. The fraction of sp³-hybridized carbons (Fsp3) is 0.200. The Morgan fingerprint density at radius 3 is 2.70 bits per heavy atom. The Morgan fingerprint density at radius 1 is 1.25 bits per heavy atom. The van der Waals surface area contributed by atoms with E-state index >= 15 is 0 Å². The number of halogens is 1. The number of hydrogen-bond acceptors (Lipinski definition) is 3. The Morgan fingerprint density at radius 2 is 2.00 bits per heavy atom. The maximum absolute atomic E-state index is 13.0. The number of hydrogen-bond donors (Lipinski definition) is 1. The van der Waals surface area contributed by atoms with Crippen LogP contribution in [0.2, 0.25) is 0 Å². The lowest BCUT2D eigenvalue weighted by Gasteiger charge is -2.09. The quantitative estimate of drug-likeness (QED) is 0.668. The lowest BCUT2D eigenvalue weighted by molar-refractivity contribution is -0.384. The van der Waals surface area contributed by atoms with Gasteiger partial charge in [0, 0.05) is 12.6 Å². The maximum Gasteiger partial charge on any atom is 0.292 e. The molecule has 0 saturated heterocycles. The molecule has 2 rings (SSSR count). The molecule has 0 atom stereocenters. The van der Waals surface area contributed by atoms with Gasteiger partial charge in [-0.25, -0.2) is 4.39 Å². The van der Waals surface area contributed by atoms with Crippen molar-refractivity contribution in [1.82, 2.24) is 0 Å². The minimum Gasteiger partial charge on any atom is -0.379 e. The Labute approximate surface area is 116 Å². The van der Waals surface area contributed by atoms with Gasteiger partial charge in [0.15, 0.2) is 0 Å². The number of benzene rings is 2. The highest BCUT2D eigenvalue weighted by molar-refractivity contribution is 5.61. The first-order chi connectivity index (χ1) is 9.58. The molecule has 20 heavy (non-hydrogen) atoms. The standard InChI is InChI=1S/C15H15FN2O2/c1-11-10-13(16)7-6-12(11)8-9-17-14-4-2-3-5-15(14)18(19)20/h2-7,10,17H,8-9H2,1H3. The topological polar surface area (TPSA) is 55.2 Å². The number of aryl methyl sites for hydroxylation is 1. The maximum atomic E-state index is 13.0. The number of nitrogens with zero attached hydrogens (tertiary/aromatic N) is 1. The van der Waals surface area contributed by atoms with Crippen LogP contribution in [0.1, 0.15) is 11.1 Å². The summed E-state index contributed by atoms with van der Waals surface area (Å²) in [5.74, 6) is -0.252. The van der Waals surface area contributed by atoms with E-state index in [1.54, 1.807) is 24.3 Å². The normalized spacial score (nSPS) is 10.3. The van der Waals surface area contributed by atoms with E-state index in [4.69, 9.17) is 0 Å². The summed E-state index contributed by atoms with van der Waals surface area (Å²) in [5, 5.41) is 13.9. The van der Waals surface area contributed by atoms with Crippen LogP contribution in [0, 0.1) is 22.9 Å². The van der Waals surface area contributed by atoms with E-state index in [9.17, 15) is 14.5 Å². The Hall–Kier alpha value is -2.43. The summed E-state index contributed by atoms with van der Waals surface area (Å²) in [6.45, 7) is 2.40. The molecule has 104 valence electrons. The predicted octanol–water partition coefficient (Wildman–Crippen LogP) is 3.70. The molecule has 5 heteroatoms. The molecule has 0 spiro atoms. The fourth-order valence-corrected chi connectivity index (χ4v) is 2.05. The van der Waals surface area contributed by atoms with E-state index in [1.807, 2.05) is 6.92 Å². The van der Waals surface area contributed by atoms with Gasteiger partial charge in [-0.2, -0.15) is 0 Å². The number of rotatable bonds is 5. The third kappa shape index (κ3) is 3.32. The van der Waals surface area contributed by atoms with Crippen molar-refractivity contribution in [2.45, 2.75) is 13.3 Å². The molecule has 2 aromatic carbocycles. The molecular weight excluding hydrogens is 259 g/mol. The van der Waals surface area contributed by atoms with E-state index < -0.39 is 4.92 Å². The summed E-state index contributed by atoms with van der Waals surface area (Å²) in [4.78, 5) is 10.5. The molecule has 0 fully saturated rings. The van der Waals surface area contributed by atoms with Crippen LogP contribution < -0.4 is 5.32 Å². The molecule has 4 nitrogen and oxygen atoms in total. The fourth-order valence-electron chi connectivity index (χ4n) is 2.05. The zero-order valence-corrected chi connectivity index (χ0v) is 11.1. The SMILES string of the molecule is Cc1cc(F)ccc1CCNc1ccccc1[N+](=O)[O-]. The number of nitrogens with one attached hydrogen (secondary N) is 1. The van der Waals surface area contributed by atoms with Crippen LogP contribution in [0.25, 0.3) is 0 Å². The van der Waals surface area contributed by atoms with Gasteiger partial charge in [0.2, 0.25) is 0 Å². The van der Waals surface area contributed by atoms with Crippen LogP contribution >= 0.6 is 0 Å². The van der Waals surface area contributed by atoms with E-state index in [0.29, 0.717) is 18.7 Å². The smallest absolute Gasteiger partial charge is 0.292 e. The average Bonchev–Trinajstić information content (AvgIpc) is 2.41. The Kier molecular flexibility index (Phi) is 4.30. The van der Waals surface area contributed by atoms with Gasteiger partial charge >= 0.3 is 0 Å². The molecule has 0 heterocycles. The first kappa shape index (κ1) is 14.0. The molecule has 2 aromatic rings. The molecule has 0 unspecified atom stereocenters. The molecule has 0 bridgehead atoms. The Balaban J connectivity index is 2.01. The van der Waals surface area contributed by atoms with Crippen LogP contribution in [0.5, 0.6) is 0 Å². The first-order valence-corrected chi connectivity index (χ1v) is 6.30. The highest BCUT2D eigenvalue weighted by Gasteiger charge is 2.11. The van der Waals surface area contributed by atoms with E-state index in [2.05, 4.69) is 5.32 Å². The van der Waals surface area contributed by atoms with Crippen molar-refractivity contribution in [2.75, 3.05) is 11.9 Å². The van der Waals surface area contributed by atoms with Crippen molar-refractivity contribution in [3.05, 3.63) is 69.5 Å². The van der Waals surface area contributed by atoms with Crippen molar-refractivity contribution in [3.63, 3.8) is 0 Å². The number of anilines is 1. The van der Waals surface area contributed by atoms with E-state index in [0.717, 1.165) is 11.1 Å². The van der Waals surface area contributed by atoms with Gasteiger partial charge in [0.25, 0.3) is 5.69 Å². The zero-order valence-electron chi connectivity index (χ0n) is 11.1. The van der Waals surface area contributed by atoms with Crippen molar-refractivity contribution < 1.29 is 9.31 Å². The molecule has 0 amide bonds. The zero-order chi connectivity index (χ0) is 14.5. The van der Waals surface area contributed by atoms with Crippen LogP contribution in [-0.4, -0.2) is 11.5 Å². The van der Waals surface area contributed by atoms with Crippen molar-refractivity contribution in [1.29, 1.82) is 0 Å². The van der Waals surface area contributed by atoms with Gasteiger partial charge < -0.3 is 5.32 Å². The molecule has 1 N–H and O–H groups in total. The largest absolute Gasteiger partial charge is 0.379 e. The second kappa shape index (κ2) is 6.14. The molecular formula is C15H15FN2O2. The van der Waals surface area contributed by atoms with Crippen LogP contribution in [0.15, 0.2) is 42.5 Å². The molecule has 0 aliphatic heterocycles. The summed E-state index contributed by atoms with van der Waals surface area (Å²) in [6.07, 6.45) is 0.679. The first-order valence-electron chi connectivity index (χ1n) is 6.30. The molecule has 0 aromatic heterocycles. The molecule has 0 radical (unpaired) electrons. The van der Waals surface area contributed by atoms with Gasteiger partial charge in [0.1, 0.15) is 11.5 Å². The van der Waals surface area contributed by atoms with E-state index in [-0.39, 0.29) is 11.5 Å². The van der Waals surface area contributed by atoms with Crippen molar-refractivity contribution in [2.24, 2.45) is 0 Å². The minimum atomic E-state index is -0.411. The third-order valence-electron chi connectivity index (χ3n) is 3.12. The van der Waals surface area contributed by atoms with Gasteiger partial charge in [0.05, 0.1) is 4.92 Å². The molecule has 0 saturated carbocycles. The summed E-state index contributed by atoms with van der Waals surface area (Å²) < 4.78 is 13.0. The number of nitro groups is 1. The molecule has 0 aliphatic carbocycles. The van der Waals surface area contributed by atoms with Gasteiger partial charge in [-0.1, -0.05) is 18.2 Å². The average molecular weight is 274 g/mol. The minimum absolute atomic E-state index is 0.0586. The van der Waals surface area contributed by atoms with E-state index in [1.165, 1.54) is 18.2 Å². The van der Waals surface area contributed by atoms with Crippen LogP contribution in [0.4, 0.5) is 15.8 Å². The van der Waals surface area contributed by atoms with Gasteiger partial charge in [-0.3, -0.25) is 10.1 Å². The predicted molar refractivity (Wildman–Crippen MR) is 76.4 cm³/mol. The van der Waals surface area contributed by atoms with Crippen LogP contribution in [0.3, 0.4) is 0 Å². The Bertz CT molecular complexity index is 629. The summed E-state index contributed by atoms with van der Waals surface area (Å²) >= 11 is 0. The monoisotopic (exact) mass is 274 g/mol. The van der Waals surface area contributed by atoms with Crippen molar-refractivity contribution >= 4 is 11.4 Å². The number of nitro benzene ring substituents is 1. The second-order valence-electron chi connectivity index (χ2n) is 4.52. The lowest BCUT2D eigenvalue weighted by Crippen LogP contribution is -2.07. The highest BCUT2D eigenvalue weighted by atomic mass is 19.1. The van der Waals surface area contributed by atoms with Gasteiger partial charge in [-0.05, 0) is 42.7 Å². The van der Waals surface area contributed by atoms with Crippen molar-refractivity contribution in [3.8, 4) is 0 Å². The summed E-state index contributed by atoms with van der Waals surface area (Å²) in [7, 11) is 0. The van der Waals surface area contributed by atoms with Gasteiger partial charge in [-0.15, -0.1) is 0 Å². The molecule has 0 aliphatic rings. The number of para-hydroxylation sites is 2. The highest BCUT2D eigenvalue weighted by Crippen LogP contribution is 2.23. The third-order valence-corrected chi connectivity index (χ3v) is 3.12.